The van der Waals surface area contributed by atoms with Gasteiger partial charge in [0.1, 0.15) is 0 Å². The molecule has 0 amide bonds. The quantitative estimate of drug-likeness (QED) is 0.783. The van der Waals surface area contributed by atoms with Crippen molar-refractivity contribution in [2.75, 3.05) is 5.73 Å². The number of nitrogen functional groups attached to an aromatic ring is 1. The first-order valence-electron chi connectivity index (χ1n) is 6.72. The number of imidazole rings is 1. The maximum atomic E-state index is 6.11. The molecule has 0 fully saturated rings. The highest BCUT2D eigenvalue weighted by atomic mass is 35.5. The van der Waals surface area contributed by atoms with Crippen molar-refractivity contribution in [1.82, 2.24) is 9.55 Å². The van der Waals surface area contributed by atoms with Gasteiger partial charge in [-0.1, -0.05) is 43.1 Å². The predicted molar refractivity (Wildman–Crippen MR) is 84.5 cm³/mol. The van der Waals surface area contributed by atoms with Gasteiger partial charge in [-0.25, -0.2) is 4.98 Å². The third kappa shape index (κ3) is 2.14. The summed E-state index contributed by atoms with van der Waals surface area (Å²) in [6, 6.07) is 13.9. The summed E-state index contributed by atoms with van der Waals surface area (Å²) in [5, 5.41) is 0.687. The van der Waals surface area contributed by atoms with Crippen LogP contribution >= 0.6 is 11.6 Å². The minimum atomic E-state index is 0.491. The van der Waals surface area contributed by atoms with Gasteiger partial charge in [0.2, 0.25) is 5.95 Å². The fraction of sp³-hybridized carbons (Fsp3) is 0.188. The molecule has 0 radical (unpaired) electrons. The molecule has 102 valence electrons. The molecule has 0 aliphatic rings. The van der Waals surface area contributed by atoms with Crippen molar-refractivity contribution in [1.29, 1.82) is 0 Å². The van der Waals surface area contributed by atoms with Crippen LogP contribution < -0.4 is 5.73 Å². The first kappa shape index (κ1) is 13.0. The van der Waals surface area contributed by atoms with Crippen molar-refractivity contribution in [3.63, 3.8) is 0 Å². The monoisotopic (exact) mass is 285 g/mol. The number of nitrogens with two attached hydrogens (primary N) is 1. The predicted octanol–water partition coefficient (Wildman–Crippen LogP) is 4.21. The van der Waals surface area contributed by atoms with Crippen LogP contribution in [-0.4, -0.2) is 9.55 Å². The van der Waals surface area contributed by atoms with Crippen LogP contribution in [0.15, 0.2) is 42.5 Å². The summed E-state index contributed by atoms with van der Waals surface area (Å²) in [7, 11) is 0. The Bertz CT molecular complexity index is 762. The van der Waals surface area contributed by atoms with Gasteiger partial charge >= 0.3 is 0 Å². The topological polar surface area (TPSA) is 43.8 Å². The summed E-state index contributed by atoms with van der Waals surface area (Å²) >= 11 is 6.11. The maximum absolute atomic E-state index is 6.11. The third-order valence-corrected chi connectivity index (χ3v) is 3.63. The third-order valence-electron chi connectivity index (χ3n) is 3.39. The second-order valence-corrected chi connectivity index (χ2v) is 5.25. The Morgan fingerprint density at radius 2 is 2.00 bits per heavy atom. The van der Waals surface area contributed by atoms with Crippen molar-refractivity contribution in [2.45, 2.75) is 19.8 Å². The normalized spacial score (nSPS) is 11.1. The number of nitrogens with zero attached hydrogens (tertiary/aromatic N) is 2. The number of para-hydroxylation sites is 1. The number of rotatable bonds is 3. The van der Waals surface area contributed by atoms with Crippen molar-refractivity contribution < 1.29 is 0 Å². The molecule has 0 unspecified atom stereocenters. The number of aromatic nitrogens is 2. The van der Waals surface area contributed by atoms with Crippen molar-refractivity contribution in [3.05, 3.63) is 53.1 Å². The first-order chi connectivity index (χ1) is 9.70. The molecule has 3 aromatic rings. The molecule has 1 aromatic heterocycles. The van der Waals surface area contributed by atoms with Gasteiger partial charge in [0, 0.05) is 5.02 Å². The van der Waals surface area contributed by atoms with Crippen LogP contribution in [-0.2, 0) is 6.42 Å². The molecule has 0 atom stereocenters. The summed E-state index contributed by atoms with van der Waals surface area (Å²) in [5.74, 6) is 0.491. The van der Waals surface area contributed by atoms with E-state index in [2.05, 4.69) is 30.1 Å². The average Bonchev–Trinajstić information content (AvgIpc) is 2.75. The number of halogens is 1. The van der Waals surface area contributed by atoms with Gasteiger partial charge in [-0.2, -0.15) is 0 Å². The van der Waals surface area contributed by atoms with E-state index >= 15 is 0 Å². The van der Waals surface area contributed by atoms with Gasteiger partial charge in [0.25, 0.3) is 0 Å². The van der Waals surface area contributed by atoms with E-state index in [1.54, 1.807) is 0 Å². The van der Waals surface area contributed by atoms with E-state index < -0.39 is 0 Å². The van der Waals surface area contributed by atoms with E-state index in [4.69, 9.17) is 17.3 Å². The van der Waals surface area contributed by atoms with Gasteiger partial charge in [-0.05, 0) is 36.2 Å². The highest BCUT2D eigenvalue weighted by molar-refractivity contribution is 6.31. The van der Waals surface area contributed by atoms with Crippen LogP contribution in [0.25, 0.3) is 16.7 Å². The molecule has 3 rings (SSSR count). The number of fused-ring (bicyclic) bond motifs is 1. The first-order valence-corrected chi connectivity index (χ1v) is 7.10. The Kier molecular flexibility index (Phi) is 3.36. The van der Waals surface area contributed by atoms with Crippen LogP contribution in [0.4, 0.5) is 5.95 Å². The molecular formula is C16H16ClN3. The van der Waals surface area contributed by atoms with Crippen molar-refractivity contribution in [3.8, 4) is 5.69 Å². The fourth-order valence-electron chi connectivity index (χ4n) is 2.53. The molecule has 0 spiro atoms. The molecule has 0 bridgehead atoms. The van der Waals surface area contributed by atoms with Gasteiger partial charge in [-0.3, -0.25) is 4.57 Å². The standard InChI is InChI=1S/C16H16ClN3/c1-2-5-11-6-3-4-7-14(11)20-15-10-12(17)8-9-13(15)19-16(20)18/h3-4,6-10H,2,5H2,1H3,(H2,18,19). The molecule has 0 aliphatic heterocycles. The van der Waals surface area contributed by atoms with Crippen LogP contribution in [0.1, 0.15) is 18.9 Å². The lowest BCUT2D eigenvalue weighted by atomic mass is 10.1. The number of anilines is 1. The number of benzene rings is 2. The Morgan fingerprint density at radius 3 is 2.80 bits per heavy atom. The van der Waals surface area contributed by atoms with E-state index in [0.717, 1.165) is 29.6 Å². The van der Waals surface area contributed by atoms with E-state index in [1.165, 1.54) is 5.56 Å². The van der Waals surface area contributed by atoms with Crippen LogP contribution in [0, 0.1) is 0 Å². The lowest BCUT2D eigenvalue weighted by molar-refractivity contribution is 0.905. The van der Waals surface area contributed by atoms with Crippen LogP contribution in [0.2, 0.25) is 5.02 Å². The lowest BCUT2D eigenvalue weighted by Crippen LogP contribution is -2.04. The zero-order valence-corrected chi connectivity index (χ0v) is 12.1. The Labute approximate surface area is 123 Å². The zero-order valence-electron chi connectivity index (χ0n) is 11.3. The van der Waals surface area contributed by atoms with Gasteiger partial charge in [-0.15, -0.1) is 0 Å². The lowest BCUT2D eigenvalue weighted by Gasteiger charge is -2.12. The molecule has 0 saturated carbocycles. The molecule has 2 aromatic carbocycles. The molecule has 3 nitrogen and oxygen atoms in total. The number of aryl methyl sites for hydroxylation is 1. The summed E-state index contributed by atoms with van der Waals surface area (Å²) in [6.45, 7) is 2.17. The second kappa shape index (κ2) is 5.17. The van der Waals surface area contributed by atoms with E-state index in [-0.39, 0.29) is 0 Å². The molecule has 0 saturated heterocycles. The smallest absolute Gasteiger partial charge is 0.205 e. The van der Waals surface area contributed by atoms with Crippen LogP contribution in [0.5, 0.6) is 0 Å². The number of hydrogen-bond donors (Lipinski definition) is 1. The van der Waals surface area contributed by atoms with Crippen molar-refractivity contribution >= 4 is 28.6 Å². The van der Waals surface area contributed by atoms with E-state index in [9.17, 15) is 0 Å². The summed E-state index contributed by atoms with van der Waals surface area (Å²) in [5.41, 5.74) is 10.3. The Balaban J connectivity index is 2.29. The minimum absolute atomic E-state index is 0.491. The molecular weight excluding hydrogens is 270 g/mol. The zero-order chi connectivity index (χ0) is 14.1. The van der Waals surface area contributed by atoms with Gasteiger partial charge in [0.05, 0.1) is 16.7 Å². The van der Waals surface area contributed by atoms with Crippen molar-refractivity contribution in [2.24, 2.45) is 0 Å². The maximum Gasteiger partial charge on any atom is 0.205 e. The summed E-state index contributed by atoms with van der Waals surface area (Å²) < 4.78 is 1.98. The number of hydrogen-bond acceptors (Lipinski definition) is 2. The average molecular weight is 286 g/mol. The SMILES string of the molecule is CCCc1ccccc1-n1c(N)nc2ccc(Cl)cc21. The van der Waals surface area contributed by atoms with Crippen LogP contribution in [0.3, 0.4) is 0 Å². The van der Waals surface area contributed by atoms with Gasteiger partial charge < -0.3 is 5.73 Å². The highest BCUT2D eigenvalue weighted by Gasteiger charge is 2.12. The second-order valence-electron chi connectivity index (χ2n) is 4.82. The summed E-state index contributed by atoms with van der Waals surface area (Å²) in [4.78, 5) is 4.41. The van der Waals surface area contributed by atoms with Gasteiger partial charge in [0.15, 0.2) is 0 Å². The highest BCUT2D eigenvalue weighted by Crippen LogP contribution is 2.27. The Hall–Kier alpha value is -2.00. The molecule has 2 N–H and O–H groups in total. The Morgan fingerprint density at radius 1 is 1.20 bits per heavy atom. The largest absolute Gasteiger partial charge is 0.369 e. The minimum Gasteiger partial charge on any atom is -0.369 e. The molecule has 0 aliphatic carbocycles. The molecule has 20 heavy (non-hydrogen) atoms. The summed E-state index contributed by atoms with van der Waals surface area (Å²) in [6.07, 6.45) is 2.10. The van der Waals surface area contributed by atoms with E-state index in [0.29, 0.717) is 11.0 Å². The fourth-order valence-corrected chi connectivity index (χ4v) is 2.70. The molecule has 4 heteroatoms. The molecule has 1 heterocycles. The van der Waals surface area contributed by atoms with E-state index in [1.807, 2.05) is 28.8 Å².